The van der Waals surface area contributed by atoms with Gasteiger partial charge in [0.1, 0.15) is 0 Å². The summed E-state index contributed by atoms with van der Waals surface area (Å²) in [6.45, 7) is 2.44. The van der Waals surface area contributed by atoms with Gasteiger partial charge in [-0.05, 0) is 37.5 Å². The van der Waals surface area contributed by atoms with Gasteiger partial charge in [-0.3, -0.25) is 19.6 Å². The Morgan fingerprint density at radius 2 is 1.75 bits per heavy atom. The van der Waals surface area contributed by atoms with Crippen molar-refractivity contribution in [1.82, 2.24) is 9.62 Å². The first-order valence-corrected chi connectivity index (χ1v) is 9.51. The fourth-order valence-electron chi connectivity index (χ4n) is 3.31. The highest BCUT2D eigenvalue weighted by molar-refractivity contribution is 7.90. The Kier molecular flexibility index (Phi) is 4.60. The van der Waals surface area contributed by atoms with Crippen molar-refractivity contribution in [2.45, 2.75) is 44.6 Å². The van der Waals surface area contributed by atoms with Crippen LogP contribution in [0.3, 0.4) is 0 Å². The van der Waals surface area contributed by atoms with E-state index < -0.39 is 10.2 Å². The summed E-state index contributed by atoms with van der Waals surface area (Å²) in [7, 11) is -3.55. The molecule has 0 spiro atoms. The number of amides is 2. The van der Waals surface area contributed by atoms with Gasteiger partial charge in [-0.25, -0.2) is 0 Å². The number of nitrogens with one attached hydrogen (secondary N) is 2. The smallest absolute Gasteiger partial charge is 0.296 e. The van der Waals surface area contributed by atoms with Crippen LogP contribution in [0.2, 0.25) is 0 Å². The zero-order chi connectivity index (χ0) is 17.3. The van der Waals surface area contributed by atoms with Crippen LogP contribution in [0.4, 0.5) is 5.69 Å². The van der Waals surface area contributed by atoms with Crippen molar-refractivity contribution < 1.29 is 18.0 Å². The predicted molar refractivity (Wildman–Crippen MR) is 89.5 cm³/mol. The number of imide groups is 1. The number of hydrogen-bond donors (Lipinski definition) is 2. The van der Waals surface area contributed by atoms with Crippen molar-refractivity contribution >= 4 is 27.7 Å². The molecular weight excluding hydrogens is 330 g/mol. The summed E-state index contributed by atoms with van der Waals surface area (Å²) in [5.41, 5.74) is 1.33. The third kappa shape index (κ3) is 3.59. The van der Waals surface area contributed by atoms with Gasteiger partial charge in [-0.1, -0.05) is 12.1 Å². The lowest BCUT2D eigenvalue weighted by molar-refractivity contribution is -0.133. The van der Waals surface area contributed by atoms with Gasteiger partial charge in [0.2, 0.25) is 11.8 Å². The van der Waals surface area contributed by atoms with Crippen molar-refractivity contribution in [2.75, 3.05) is 11.3 Å². The van der Waals surface area contributed by atoms with Crippen molar-refractivity contribution in [1.29, 1.82) is 0 Å². The SMILES string of the molecule is CC1CCCN1S(=O)(=O)Nc1ccc(C2CC(=O)NC(=O)C2)cc1. The largest absolute Gasteiger partial charge is 0.301 e. The maximum absolute atomic E-state index is 12.4. The maximum Gasteiger partial charge on any atom is 0.301 e. The van der Waals surface area contributed by atoms with Gasteiger partial charge in [-0.2, -0.15) is 12.7 Å². The lowest BCUT2D eigenvalue weighted by atomic mass is 9.89. The van der Waals surface area contributed by atoms with Crippen LogP contribution in [0.15, 0.2) is 24.3 Å². The quantitative estimate of drug-likeness (QED) is 0.801. The topological polar surface area (TPSA) is 95.6 Å². The van der Waals surface area contributed by atoms with Crippen LogP contribution in [-0.4, -0.2) is 37.1 Å². The summed E-state index contributed by atoms with van der Waals surface area (Å²) >= 11 is 0. The second kappa shape index (κ2) is 6.52. The zero-order valence-electron chi connectivity index (χ0n) is 13.5. The third-order valence-electron chi connectivity index (χ3n) is 4.57. The van der Waals surface area contributed by atoms with Gasteiger partial charge < -0.3 is 0 Å². The number of nitrogens with zero attached hydrogens (tertiary/aromatic N) is 1. The Morgan fingerprint density at radius 1 is 1.12 bits per heavy atom. The van der Waals surface area contributed by atoms with Crippen LogP contribution in [0.1, 0.15) is 44.1 Å². The summed E-state index contributed by atoms with van der Waals surface area (Å²) in [6.07, 6.45) is 2.28. The van der Waals surface area contributed by atoms with Gasteiger partial charge in [0, 0.05) is 37.0 Å². The van der Waals surface area contributed by atoms with E-state index in [4.69, 9.17) is 0 Å². The van der Waals surface area contributed by atoms with Crippen LogP contribution < -0.4 is 10.0 Å². The first kappa shape index (κ1) is 16.9. The molecule has 0 aliphatic carbocycles. The second-order valence-electron chi connectivity index (χ2n) is 6.41. The molecule has 1 aromatic carbocycles. The molecule has 1 atom stereocenters. The zero-order valence-corrected chi connectivity index (χ0v) is 14.3. The van der Waals surface area contributed by atoms with E-state index in [9.17, 15) is 18.0 Å². The Labute approximate surface area is 141 Å². The number of carbonyl (C=O) groups excluding carboxylic acids is 2. The summed E-state index contributed by atoms with van der Waals surface area (Å²) in [4.78, 5) is 22.9. The highest BCUT2D eigenvalue weighted by Gasteiger charge is 2.31. The molecular formula is C16H21N3O4S. The minimum Gasteiger partial charge on any atom is -0.296 e. The predicted octanol–water partition coefficient (Wildman–Crippen LogP) is 1.35. The molecule has 2 N–H and O–H groups in total. The van der Waals surface area contributed by atoms with E-state index >= 15 is 0 Å². The maximum atomic E-state index is 12.4. The van der Waals surface area contributed by atoms with Gasteiger partial charge in [0.15, 0.2) is 0 Å². The number of benzene rings is 1. The molecule has 2 amide bonds. The minimum absolute atomic E-state index is 0.00790. The van der Waals surface area contributed by atoms with Crippen LogP contribution >= 0.6 is 0 Å². The number of carbonyl (C=O) groups is 2. The fourth-order valence-corrected chi connectivity index (χ4v) is 4.81. The number of anilines is 1. The molecule has 2 saturated heterocycles. The van der Waals surface area contributed by atoms with Gasteiger partial charge in [0.25, 0.3) is 0 Å². The molecule has 130 valence electrons. The normalized spacial score (nSPS) is 23.3. The lowest BCUT2D eigenvalue weighted by Gasteiger charge is -2.23. The van der Waals surface area contributed by atoms with E-state index in [2.05, 4.69) is 10.0 Å². The summed E-state index contributed by atoms with van der Waals surface area (Å²) in [6, 6.07) is 6.88. The molecule has 2 aliphatic heterocycles. The monoisotopic (exact) mass is 351 g/mol. The third-order valence-corrected chi connectivity index (χ3v) is 6.23. The number of piperidine rings is 1. The molecule has 0 bridgehead atoms. The summed E-state index contributed by atoms with van der Waals surface area (Å²) < 4.78 is 28.9. The van der Waals surface area contributed by atoms with E-state index in [-0.39, 0.29) is 36.6 Å². The molecule has 0 aromatic heterocycles. The van der Waals surface area contributed by atoms with E-state index in [0.29, 0.717) is 12.2 Å². The average Bonchev–Trinajstić information content (AvgIpc) is 2.94. The molecule has 0 saturated carbocycles. The second-order valence-corrected chi connectivity index (χ2v) is 8.03. The molecule has 1 unspecified atom stereocenters. The van der Waals surface area contributed by atoms with Crippen LogP contribution in [-0.2, 0) is 19.8 Å². The van der Waals surface area contributed by atoms with Crippen molar-refractivity contribution in [3.63, 3.8) is 0 Å². The molecule has 7 nitrogen and oxygen atoms in total. The average molecular weight is 351 g/mol. The van der Waals surface area contributed by atoms with Gasteiger partial charge in [-0.15, -0.1) is 0 Å². The van der Waals surface area contributed by atoms with E-state index in [1.807, 2.05) is 6.92 Å². The van der Waals surface area contributed by atoms with Crippen LogP contribution in [0.25, 0.3) is 0 Å². The van der Waals surface area contributed by atoms with Crippen LogP contribution in [0.5, 0.6) is 0 Å². The molecule has 24 heavy (non-hydrogen) atoms. The van der Waals surface area contributed by atoms with Crippen molar-refractivity contribution in [3.05, 3.63) is 29.8 Å². The highest BCUT2D eigenvalue weighted by atomic mass is 32.2. The van der Waals surface area contributed by atoms with E-state index in [1.54, 1.807) is 24.3 Å². The Balaban J connectivity index is 1.70. The first-order valence-electron chi connectivity index (χ1n) is 8.07. The Hall–Kier alpha value is -1.93. The fraction of sp³-hybridized carbons (Fsp3) is 0.500. The standard InChI is InChI=1S/C16H21N3O4S/c1-11-3-2-8-19(11)24(22,23)18-14-6-4-12(5-7-14)13-9-15(20)17-16(21)10-13/h4-7,11,13,18H,2-3,8-10H2,1H3,(H,17,20,21). The first-order chi connectivity index (χ1) is 11.3. The van der Waals surface area contributed by atoms with Crippen molar-refractivity contribution in [3.8, 4) is 0 Å². The van der Waals surface area contributed by atoms with Crippen LogP contribution in [0, 0.1) is 0 Å². The molecule has 2 fully saturated rings. The Bertz CT molecular complexity index is 729. The number of rotatable bonds is 4. The molecule has 3 rings (SSSR count). The highest BCUT2D eigenvalue weighted by Crippen LogP contribution is 2.28. The van der Waals surface area contributed by atoms with Gasteiger partial charge >= 0.3 is 10.2 Å². The van der Waals surface area contributed by atoms with Gasteiger partial charge in [0.05, 0.1) is 0 Å². The molecule has 0 radical (unpaired) electrons. The summed E-state index contributed by atoms with van der Waals surface area (Å²) in [5.74, 6) is -0.705. The minimum atomic E-state index is -3.55. The van der Waals surface area contributed by atoms with E-state index in [1.165, 1.54) is 4.31 Å². The molecule has 8 heteroatoms. The molecule has 2 heterocycles. The van der Waals surface area contributed by atoms with E-state index in [0.717, 1.165) is 18.4 Å². The lowest BCUT2D eigenvalue weighted by Crippen LogP contribution is -2.38. The van der Waals surface area contributed by atoms with Crippen molar-refractivity contribution in [2.24, 2.45) is 0 Å². The summed E-state index contributed by atoms with van der Waals surface area (Å²) in [5, 5.41) is 2.28. The number of hydrogen-bond acceptors (Lipinski definition) is 4. The Morgan fingerprint density at radius 3 is 2.29 bits per heavy atom. The molecule has 1 aromatic rings. The molecule has 2 aliphatic rings.